The van der Waals surface area contributed by atoms with Gasteiger partial charge in [0, 0.05) is 17.0 Å². The van der Waals surface area contributed by atoms with E-state index in [1.54, 1.807) is 23.0 Å². The molecule has 0 radical (unpaired) electrons. The van der Waals surface area contributed by atoms with Crippen LogP contribution in [0.15, 0.2) is 57.9 Å². The van der Waals surface area contributed by atoms with Gasteiger partial charge in [-0.25, -0.2) is 4.68 Å². The standard InChI is InChI=1S/C22H19N5O2S/c1-14(2)25-22-27(24-11-16-5-3-15(10-23)4-6-16)19(13-30-22)17-7-8-20-18(9-17)26-21(28)12-29-20/h3-9,11,13-14H,12H2,1-2H3,(H,26,28). The van der Waals surface area contributed by atoms with Crippen LogP contribution >= 0.6 is 11.3 Å². The second-order valence-corrected chi connectivity index (χ2v) is 7.80. The van der Waals surface area contributed by atoms with E-state index in [0.29, 0.717) is 17.0 Å². The van der Waals surface area contributed by atoms with Crippen molar-refractivity contribution in [1.82, 2.24) is 4.68 Å². The van der Waals surface area contributed by atoms with Gasteiger partial charge >= 0.3 is 0 Å². The van der Waals surface area contributed by atoms with Crippen LogP contribution < -0.4 is 14.9 Å². The fourth-order valence-electron chi connectivity index (χ4n) is 2.93. The average Bonchev–Trinajstić information content (AvgIpc) is 3.13. The smallest absolute Gasteiger partial charge is 0.262 e. The Hall–Kier alpha value is -3.70. The number of nitrogens with one attached hydrogen (secondary N) is 1. The maximum Gasteiger partial charge on any atom is 0.262 e. The third kappa shape index (κ3) is 4.16. The van der Waals surface area contributed by atoms with Crippen LogP contribution in [-0.4, -0.2) is 29.4 Å². The Balaban J connectivity index is 1.77. The number of anilines is 1. The monoisotopic (exact) mass is 417 g/mol. The highest BCUT2D eigenvalue weighted by molar-refractivity contribution is 7.07. The van der Waals surface area contributed by atoms with Gasteiger partial charge in [-0.15, -0.1) is 11.3 Å². The van der Waals surface area contributed by atoms with Crippen molar-refractivity contribution in [2.75, 3.05) is 11.9 Å². The lowest BCUT2D eigenvalue weighted by atomic mass is 10.1. The zero-order valence-electron chi connectivity index (χ0n) is 16.5. The zero-order chi connectivity index (χ0) is 21.1. The maximum atomic E-state index is 11.7. The van der Waals surface area contributed by atoms with Crippen molar-refractivity contribution in [1.29, 1.82) is 5.26 Å². The molecular weight excluding hydrogens is 398 g/mol. The van der Waals surface area contributed by atoms with Crippen molar-refractivity contribution in [2.24, 2.45) is 10.1 Å². The van der Waals surface area contributed by atoms with Crippen molar-refractivity contribution >= 4 is 29.1 Å². The SMILES string of the molecule is CC(C)N=c1scc(-c2ccc3c(c2)NC(=O)CO3)n1N=Cc1ccc(C#N)cc1. The van der Waals surface area contributed by atoms with Crippen LogP contribution in [-0.2, 0) is 4.79 Å². The van der Waals surface area contributed by atoms with Crippen LogP contribution in [0.1, 0.15) is 25.0 Å². The number of aromatic nitrogens is 1. The third-order valence-corrected chi connectivity index (χ3v) is 5.15. The number of fused-ring (bicyclic) bond motifs is 1. The second kappa shape index (κ2) is 8.35. The Labute approximate surface area is 177 Å². The molecular formula is C22H19N5O2S. The normalized spacial score (nSPS) is 13.8. The molecule has 0 saturated carbocycles. The molecule has 7 nitrogen and oxygen atoms in total. The lowest BCUT2D eigenvalue weighted by Crippen LogP contribution is -2.25. The summed E-state index contributed by atoms with van der Waals surface area (Å²) in [6.07, 6.45) is 1.74. The van der Waals surface area contributed by atoms with Gasteiger partial charge in [0.05, 0.1) is 29.2 Å². The number of thiazole rings is 1. The number of carbonyl (C=O) groups excluding carboxylic acids is 1. The Morgan fingerprint density at radius 1 is 1.27 bits per heavy atom. The summed E-state index contributed by atoms with van der Waals surface area (Å²) in [7, 11) is 0. The van der Waals surface area contributed by atoms with Crippen LogP contribution in [0.2, 0.25) is 0 Å². The van der Waals surface area contributed by atoms with Gasteiger partial charge in [0.2, 0.25) is 4.80 Å². The van der Waals surface area contributed by atoms with E-state index >= 15 is 0 Å². The summed E-state index contributed by atoms with van der Waals surface area (Å²) in [6.45, 7) is 4.05. The van der Waals surface area contributed by atoms with E-state index < -0.39 is 0 Å². The van der Waals surface area contributed by atoms with Gasteiger partial charge in [-0.05, 0) is 49.7 Å². The van der Waals surface area contributed by atoms with Gasteiger partial charge in [-0.1, -0.05) is 12.1 Å². The predicted molar refractivity (Wildman–Crippen MR) is 117 cm³/mol. The largest absolute Gasteiger partial charge is 0.482 e. The van der Waals surface area contributed by atoms with Crippen LogP contribution in [0, 0.1) is 11.3 Å². The molecule has 1 amide bonds. The molecule has 1 aromatic heterocycles. The number of hydrogen-bond donors (Lipinski definition) is 1. The van der Waals surface area contributed by atoms with Crippen LogP contribution in [0.4, 0.5) is 5.69 Å². The number of nitrogens with zero attached hydrogens (tertiary/aromatic N) is 4. The molecule has 2 heterocycles. The minimum absolute atomic E-state index is 0.0249. The maximum absolute atomic E-state index is 11.7. The fourth-order valence-corrected chi connectivity index (χ4v) is 3.90. The summed E-state index contributed by atoms with van der Waals surface area (Å²) in [5, 5.41) is 18.4. The molecule has 30 heavy (non-hydrogen) atoms. The number of amides is 1. The van der Waals surface area contributed by atoms with E-state index in [4.69, 9.17) is 10.00 Å². The molecule has 0 spiro atoms. The van der Waals surface area contributed by atoms with Gasteiger partial charge in [-0.3, -0.25) is 9.79 Å². The summed E-state index contributed by atoms with van der Waals surface area (Å²) < 4.78 is 7.24. The summed E-state index contributed by atoms with van der Waals surface area (Å²) in [4.78, 5) is 17.1. The molecule has 1 aliphatic rings. The van der Waals surface area contributed by atoms with Gasteiger partial charge in [0.25, 0.3) is 5.91 Å². The number of rotatable bonds is 4. The molecule has 1 aliphatic heterocycles. The minimum atomic E-state index is -0.174. The van der Waals surface area contributed by atoms with E-state index in [1.165, 1.54) is 11.3 Å². The Morgan fingerprint density at radius 3 is 2.80 bits per heavy atom. The molecule has 0 aliphatic carbocycles. The first-order valence-corrected chi connectivity index (χ1v) is 10.3. The highest BCUT2D eigenvalue weighted by Crippen LogP contribution is 2.32. The van der Waals surface area contributed by atoms with Crippen LogP contribution in [0.25, 0.3) is 11.3 Å². The van der Waals surface area contributed by atoms with E-state index in [0.717, 1.165) is 21.6 Å². The quantitative estimate of drug-likeness (QED) is 0.658. The Kier molecular flexibility index (Phi) is 5.46. The lowest BCUT2D eigenvalue weighted by molar-refractivity contribution is -0.118. The van der Waals surface area contributed by atoms with E-state index in [-0.39, 0.29) is 18.6 Å². The molecule has 0 bridgehead atoms. The van der Waals surface area contributed by atoms with Gasteiger partial charge in [0.1, 0.15) is 5.75 Å². The number of ether oxygens (including phenoxy) is 1. The van der Waals surface area contributed by atoms with Crippen molar-refractivity contribution < 1.29 is 9.53 Å². The van der Waals surface area contributed by atoms with Crippen molar-refractivity contribution in [3.05, 3.63) is 63.8 Å². The van der Waals surface area contributed by atoms with Crippen molar-refractivity contribution in [3.8, 4) is 23.1 Å². The highest BCUT2D eigenvalue weighted by Gasteiger charge is 2.17. The molecule has 8 heteroatoms. The van der Waals surface area contributed by atoms with Gasteiger partial charge in [0.15, 0.2) is 6.61 Å². The molecule has 0 saturated heterocycles. The zero-order valence-corrected chi connectivity index (χ0v) is 17.3. The first-order chi connectivity index (χ1) is 14.5. The van der Waals surface area contributed by atoms with E-state index in [2.05, 4.69) is 21.5 Å². The number of hydrogen-bond acceptors (Lipinski definition) is 6. The first-order valence-electron chi connectivity index (χ1n) is 9.39. The topological polar surface area (TPSA) is 91.8 Å². The molecule has 0 fully saturated rings. The van der Waals surface area contributed by atoms with E-state index in [1.807, 2.05) is 49.6 Å². The molecule has 3 aromatic rings. The minimum Gasteiger partial charge on any atom is -0.482 e. The molecule has 4 rings (SSSR count). The first kappa shape index (κ1) is 19.6. The highest BCUT2D eigenvalue weighted by atomic mass is 32.1. The molecule has 1 N–H and O–H groups in total. The van der Waals surface area contributed by atoms with Crippen molar-refractivity contribution in [3.63, 3.8) is 0 Å². The van der Waals surface area contributed by atoms with Crippen LogP contribution in [0.3, 0.4) is 0 Å². The predicted octanol–water partition coefficient (Wildman–Crippen LogP) is 3.61. The lowest BCUT2D eigenvalue weighted by Gasteiger charge is -2.18. The summed E-state index contributed by atoms with van der Waals surface area (Å²) in [5.74, 6) is 0.473. The molecule has 2 aromatic carbocycles. The van der Waals surface area contributed by atoms with Crippen LogP contribution in [0.5, 0.6) is 5.75 Å². The summed E-state index contributed by atoms with van der Waals surface area (Å²) in [5.41, 5.74) is 3.86. The van der Waals surface area contributed by atoms with Gasteiger partial charge in [-0.2, -0.15) is 10.4 Å². The number of carbonyl (C=O) groups is 1. The fraction of sp³-hybridized carbons (Fsp3) is 0.182. The molecule has 150 valence electrons. The summed E-state index contributed by atoms with van der Waals surface area (Å²) in [6, 6.07) is 15.1. The second-order valence-electron chi connectivity index (χ2n) is 6.96. The van der Waals surface area contributed by atoms with Crippen molar-refractivity contribution in [2.45, 2.75) is 19.9 Å². The Morgan fingerprint density at radius 2 is 2.07 bits per heavy atom. The number of benzene rings is 2. The Bertz CT molecular complexity index is 1230. The third-order valence-electron chi connectivity index (χ3n) is 4.32. The molecule has 0 atom stereocenters. The van der Waals surface area contributed by atoms with Gasteiger partial charge < -0.3 is 10.1 Å². The van der Waals surface area contributed by atoms with E-state index in [9.17, 15) is 4.79 Å². The average molecular weight is 417 g/mol. The summed E-state index contributed by atoms with van der Waals surface area (Å²) >= 11 is 1.50. The number of nitriles is 1. The molecule has 0 unspecified atom stereocenters.